The SMILES string of the molecule is Cc1cccc(Cc2nnc(C(=O)[C@@H](NC(=O)CN(C)C(=O)[C@@H](NS(=O)(=O)c3ccccc3)C(C)C)C(C)C)o2)c1. The van der Waals surface area contributed by atoms with Gasteiger partial charge in [0, 0.05) is 7.05 Å². The van der Waals surface area contributed by atoms with Crippen molar-refractivity contribution in [3.63, 3.8) is 0 Å². The molecule has 2 atom stereocenters. The number of hydrogen-bond acceptors (Lipinski definition) is 8. The van der Waals surface area contributed by atoms with E-state index in [1.165, 1.54) is 19.2 Å². The maximum Gasteiger partial charge on any atom is 0.286 e. The summed E-state index contributed by atoms with van der Waals surface area (Å²) in [5.74, 6) is -2.38. The second kappa shape index (κ2) is 13.6. The first kappa shape index (κ1) is 31.6. The summed E-state index contributed by atoms with van der Waals surface area (Å²) >= 11 is 0. The van der Waals surface area contributed by atoms with Crippen LogP contribution in [0.2, 0.25) is 0 Å². The third-order valence-electron chi connectivity index (χ3n) is 6.41. The summed E-state index contributed by atoms with van der Waals surface area (Å²) < 4.78 is 33.7. The zero-order valence-corrected chi connectivity index (χ0v) is 24.9. The monoisotopic (exact) mass is 583 g/mol. The Morgan fingerprint density at radius 2 is 1.59 bits per heavy atom. The van der Waals surface area contributed by atoms with E-state index in [9.17, 15) is 22.8 Å². The first-order chi connectivity index (χ1) is 19.3. The van der Waals surface area contributed by atoms with Gasteiger partial charge in [0.05, 0.1) is 23.9 Å². The Hall–Kier alpha value is -3.90. The van der Waals surface area contributed by atoms with Gasteiger partial charge in [-0.3, -0.25) is 14.4 Å². The van der Waals surface area contributed by atoms with Crippen molar-refractivity contribution in [2.75, 3.05) is 13.6 Å². The molecule has 0 saturated carbocycles. The average Bonchev–Trinajstić information content (AvgIpc) is 3.38. The number of hydrogen-bond donors (Lipinski definition) is 2. The fourth-order valence-electron chi connectivity index (χ4n) is 4.15. The van der Waals surface area contributed by atoms with Crippen molar-refractivity contribution in [3.05, 3.63) is 77.5 Å². The lowest BCUT2D eigenvalue weighted by Gasteiger charge is -2.27. The van der Waals surface area contributed by atoms with Crippen molar-refractivity contribution in [1.29, 1.82) is 0 Å². The number of nitrogens with zero attached hydrogens (tertiary/aromatic N) is 3. The molecule has 12 heteroatoms. The zero-order valence-electron chi connectivity index (χ0n) is 24.1. The van der Waals surface area contributed by atoms with E-state index in [1.807, 2.05) is 31.2 Å². The fraction of sp³-hybridized carbons (Fsp3) is 0.414. The molecule has 0 spiro atoms. The Bertz CT molecular complexity index is 1470. The molecular weight excluding hydrogens is 546 g/mol. The van der Waals surface area contributed by atoms with Crippen LogP contribution < -0.4 is 10.0 Å². The van der Waals surface area contributed by atoms with E-state index in [2.05, 4.69) is 20.2 Å². The van der Waals surface area contributed by atoms with E-state index in [4.69, 9.17) is 4.42 Å². The highest BCUT2D eigenvalue weighted by molar-refractivity contribution is 7.89. The normalized spacial score (nSPS) is 13.2. The van der Waals surface area contributed by atoms with Gasteiger partial charge in [-0.05, 0) is 36.5 Å². The summed E-state index contributed by atoms with van der Waals surface area (Å²) in [4.78, 5) is 40.5. The summed E-state index contributed by atoms with van der Waals surface area (Å²) in [6, 6.07) is 13.4. The lowest BCUT2D eigenvalue weighted by Crippen LogP contribution is -2.53. The number of rotatable bonds is 13. The molecule has 41 heavy (non-hydrogen) atoms. The number of nitrogens with one attached hydrogen (secondary N) is 2. The highest BCUT2D eigenvalue weighted by atomic mass is 32.2. The van der Waals surface area contributed by atoms with E-state index in [0.29, 0.717) is 6.42 Å². The second-order valence-corrected chi connectivity index (χ2v) is 12.4. The molecular formula is C29H37N5O6S. The summed E-state index contributed by atoms with van der Waals surface area (Å²) in [5.41, 5.74) is 2.04. The molecule has 0 bridgehead atoms. The number of aromatic nitrogens is 2. The van der Waals surface area contributed by atoms with Crippen LogP contribution in [0.4, 0.5) is 0 Å². The van der Waals surface area contributed by atoms with Crippen molar-refractivity contribution in [2.24, 2.45) is 11.8 Å². The number of aryl methyl sites for hydroxylation is 1. The molecule has 0 aliphatic rings. The van der Waals surface area contributed by atoms with Gasteiger partial charge >= 0.3 is 0 Å². The third-order valence-corrected chi connectivity index (χ3v) is 7.86. The second-order valence-electron chi connectivity index (χ2n) is 10.7. The molecule has 0 aliphatic heterocycles. The van der Waals surface area contributed by atoms with Crippen molar-refractivity contribution < 1.29 is 27.2 Å². The highest BCUT2D eigenvalue weighted by Gasteiger charge is 2.33. The molecule has 0 fully saturated rings. The number of ketones is 1. The number of sulfonamides is 1. The van der Waals surface area contributed by atoms with Crippen LogP contribution in [0.25, 0.3) is 0 Å². The quantitative estimate of drug-likeness (QED) is 0.292. The summed E-state index contributed by atoms with van der Waals surface area (Å²) in [7, 11) is -2.57. The zero-order chi connectivity index (χ0) is 30.3. The Balaban J connectivity index is 1.65. The van der Waals surface area contributed by atoms with Crippen LogP contribution in [0.3, 0.4) is 0 Å². The lowest BCUT2D eigenvalue weighted by molar-refractivity contribution is -0.137. The largest absolute Gasteiger partial charge is 0.418 e. The number of benzene rings is 2. The Kier molecular flexibility index (Phi) is 10.5. The molecule has 0 aliphatic carbocycles. The van der Waals surface area contributed by atoms with Gasteiger partial charge < -0.3 is 14.6 Å². The number of amides is 2. The smallest absolute Gasteiger partial charge is 0.286 e. The molecule has 1 heterocycles. The van der Waals surface area contributed by atoms with Gasteiger partial charge in [-0.2, -0.15) is 4.72 Å². The lowest BCUT2D eigenvalue weighted by atomic mass is 9.99. The van der Waals surface area contributed by atoms with E-state index in [0.717, 1.165) is 16.0 Å². The van der Waals surface area contributed by atoms with Crippen molar-refractivity contribution in [2.45, 2.75) is 58.0 Å². The van der Waals surface area contributed by atoms with Crippen LogP contribution in [0.5, 0.6) is 0 Å². The maximum atomic E-state index is 13.2. The number of Topliss-reactive ketones (excluding diaryl/α,β-unsaturated/α-hetero) is 1. The van der Waals surface area contributed by atoms with Gasteiger partial charge in [-0.25, -0.2) is 8.42 Å². The minimum atomic E-state index is -3.97. The van der Waals surface area contributed by atoms with Crippen LogP contribution in [0.1, 0.15) is 55.4 Å². The van der Waals surface area contributed by atoms with Gasteiger partial charge in [0.25, 0.3) is 5.89 Å². The van der Waals surface area contributed by atoms with Crippen LogP contribution in [0.15, 0.2) is 63.9 Å². The summed E-state index contributed by atoms with van der Waals surface area (Å²) in [6.45, 7) is 8.50. The van der Waals surface area contributed by atoms with Gasteiger partial charge in [0.1, 0.15) is 6.04 Å². The first-order valence-electron chi connectivity index (χ1n) is 13.3. The van der Waals surface area contributed by atoms with Crippen LogP contribution in [0, 0.1) is 18.8 Å². The molecule has 3 aromatic rings. The molecule has 0 unspecified atom stereocenters. The number of carbonyl (C=O) groups is 3. The molecule has 1 aromatic heterocycles. The minimum Gasteiger partial charge on any atom is -0.418 e. The predicted molar refractivity (Wildman–Crippen MR) is 152 cm³/mol. The maximum absolute atomic E-state index is 13.2. The fourth-order valence-corrected chi connectivity index (χ4v) is 5.50. The van der Waals surface area contributed by atoms with Gasteiger partial charge in [-0.15, -0.1) is 10.2 Å². The number of carbonyl (C=O) groups excluding carboxylic acids is 3. The first-order valence-corrected chi connectivity index (χ1v) is 14.8. The van der Waals surface area contributed by atoms with Crippen molar-refractivity contribution in [3.8, 4) is 0 Å². The molecule has 2 N–H and O–H groups in total. The van der Waals surface area contributed by atoms with Gasteiger partial charge in [0.2, 0.25) is 33.5 Å². The van der Waals surface area contributed by atoms with Crippen LogP contribution in [-0.2, 0) is 26.0 Å². The molecule has 2 amide bonds. The number of likely N-dealkylation sites (N-methyl/N-ethyl adjacent to an activating group) is 1. The molecule has 11 nitrogen and oxygen atoms in total. The molecule has 0 saturated heterocycles. The highest BCUT2D eigenvalue weighted by Crippen LogP contribution is 2.15. The topological polar surface area (TPSA) is 152 Å². The molecule has 3 rings (SSSR count). The Morgan fingerprint density at radius 1 is 0.927 bits per heavy atom. The van der Waals surface area contributed by atoms with E-state index in [-0.39, 0.29) is 22.6 Å². The molecule has 0 radical (unpaired) electrons. The van der Waals surface area contributed by atoms with Crippen molar-refractivity contribution in [1.82, 2.24) is 25.1 Å². The van der Waals surface area contributed by atoms with Gasteiger partial charge in [0.15, 0.2) is 0 Å². The van der Waals surface area contributed by atoms with Gasteiger partial charge in [-0.1, -0.05) is 75.7 Å². The average molecular weight is 584 g/mol. The molecule has 2 aromatic carbocycles. The van der Waals surface area contributed by atoms with E-state index in [1.54, 1.807) is 45.9 Å². The standard InChI is InChI=1S/C29H37N5O6S/c1-18(2)25(27(36)28-32-31-24(40-28)16-21-12-10-11-20(5)15-21)30-23(35)17-34(6)29(37)26(19(3)4)33-41(38,39)22-13-8-7-9-14-22/h7-15,18-19,25-26,33H,16-17H2,1-6H3,(H,30,35)/t25-,26-/m0/s1. The third kappa shape index (κ3) is 8.54. The Morgan fingerprint density at radius 3 is 2.20 bits per heavy atom. The van der Waals surface area contributed by atoms with Crippen molar-refractivity contribution >= 4 is 27.6 Å². The Labute approximate surface area is 240 Å². The predicted octanol–water partition coefficient (Wildman–Crippen LogP) is 2.75. The molecule has 220 valence electrons. The van der Waals surface area contributed by atoms with Crippen LogP contribution in [-0.4, -0.2) is 66.8 Å². The minimum absolute atomic E-state index is 0.0280. The summed E-state index contributed by atoms with van der Waals surface area (Å²) in [5, 5.41) is 10.5. The van der Waals surface area contributed by atoms with Crippen LogP contribution >= 0.6 is 0 Å². The van der Waals surface area contributed by atoms with E-state index >= 15 is 0 Å². The van der Waals surface area contributed by atoms with E-state index < -0.39 is 52.2 Å². The summed E-state index contributed by atoms with van der Waals surface area (Å²) in [6.07, 6.45) is 0.360.